The number of pyridine rings is 2. The fourth-order valence-corrected chi connectivity index (χ4v) is 3.87. The summed E-state index contributed by atoms with van der Waals surface area (Å²) in [7, 11) is 0. The molecule has 5 heterocycles. The standard InChI is InChI=1S/C20H22N6O/c27-15-14-25-8-6-16-4-5-18(22-20(16)25)23-10-12-24(13-11-23)19-3-1-2-17-21-7-9-26(17)19/h1-9,27H,10-15H2. The molecule has 1 aliphatic rings. The van der Waals surface area contributed by atoms with Gasteiger partial charge in [0.05, 0.1) is 6.61 Å². The molecule has 4 aromatic rings. The number of hydrogen-bond donors (Lipinski definition) is 1. The van der Waals surface area contributed by atoms with Crippen molar-refractivity contribution in [2.24, 2.45) is 0 Å². The maximum absolute atomic E-state index is 9.24. The quantitative estimate of drug-likeness (QED) is 0.602. The lowest BCUT2D eigenvalue weighted by molar-refractivity contribution is 0.278. The van der Waals surface area contributed by atoms with Crippen LogP contribution >= 0.6 is 0 Å². The van der Waals surface area contributed by atoms with E-state index in [1.54, 1.807) is 0 Å². The van der Waals surface area contributed by atoms with E-state index in [1.165, 1.54) is 5.82 Å². The van der Waals surface area contributed by atoms with Crippen LogP contribution < -0.4 is 9.80 Å². The molecule has 27 heavy (non-hydrogen) atoms. The van der Waals surface area contributed by atoms with Gasteiger partial charge in [0.25, 0.3) is 0 Å². The predicted octanol–water partition coefficient (Wildman–Crippen LogP) is 2.00. The third-order valence-electron chi connectivity index (χ3n) is 5.27. The summed E-state index contributed by atoms with van der Waals surface area (Å²) in [6.45, 7) is 4.41. The van der Waals surface area contributed by atoms with Crippen molar-refractivity contribution in [3.05, 3.63) is 55.0 Å². The predicted molar refractivity (Wildman–Crippen MR) is 106 cm³/mol. The summed E-state index contributed by atoms with van der Waals surface area (Å²) < 4.78 is 4.15. The lowest BCUT2D eigenvalue weighted by Crippen LogP contribution is -2.47. The first kappa shape index (κ1) is 16.1. The molecule has 0 aromatic carbocycles. The largest absolute Gasteiger partial charge is 0.395 e. The van der Waals surface area contributed by atoms with Gasteiger partial charge >= 0.3 is 0 Å². The van der Waals surface area contributed by atoms with Gasteiger partial charge in [-0.1, -0.05) is 6.07 Å². The summed E-state index contributed by atoms with van der Waals surface area (Å²) in [5, 5.41) is 10.4. The van der Waals surface area contributed by atoms with Gasteiger partial charge in [-0.15, -0.1) is 0 Å². The molecule has 5 rings (SSSR count). The molecule has 0 spiro atoms. The number of imidazole rings is 1. The summed E-state index contributed by atoms with van der Waals surface area (Å²) in [4.78, 5) is 14.0. The molecule has 4 aromatic heterocycles. The number of aromatic nitrogens is 4. The van der Waals surface area contributed by atoms with Crippen LogP contribution in [0.3, 0.4) is 0 Å². The van der Waals surface area contributed by atoms with Crippen LogP contribution in [0, 0.1) is 0 Å². The van der Waals surface area contributed by atoms with Gasteiger partial charge in [-0.05, 0) is 30.3 Å². The van der Waals surface area contributed by atoms with Gasteiger partial charge in [0, 0.05) is 56.7 Å². The summed E-state index contributed by atoms with van der Waals surface area (Å²) >= 11 is 0. The Bertz CT molecular complexity index is 1080. The molecule has 138 valence electrons. The number of anilines is 2. The summed E-state index contributed by atoms with van der Waals surface area (Å²) in [6.07, 6.45) is 5.85. The lowest BCUT2D eigenvalue weighted by atomic mass is 10.2. The zero-order valence-electron chi connectivity index (χ0n) is 15.1. The van der Waals surface area contributed by atoms with Crippen LogP contribution in [0.1, 0.15) is 0 Å². The molecular formula is C20H22N6O. The fraction of sp³-hybridized carbons (Fsp3) is 0.300. The number of nitrogens with zero attached hydrogens (tertiary/aromatic N) is 6. The number of piperazine rings is 1. The highest BCUT2D eigenvalue weighted by Gasteiger charge is 2.20. The van der Waals surface area contributed by atoms with Crippen LogP contribution in [0.15, 0.2) is 55.0 Å². The molecule has 0 saturated carbocycles. The molecule has 0 atom stereocenters. The third-order valence-corrected chi connectivity index (χ3v) is 5.27. The highest BCUT2D eigenvalue weighted by atomic mass is 16.3. The average Bonchev–Trinajstić information content (AvgIpc) is 3.35. The number of rotatable bonds is 4. The highest BCUT2D eigenvalue weighted by molar-refractivity contribution is 5.78. The van der Waals surface area contributed by atoms with E-state index < -0.39 is 0 Å². The molecule has 1 aliphatic heterocycles. The van der Waals surface area contributed by atoms with Crippen molar-refractivity contribution in [3.63, 3.8) is 0 Å². The molecular weight excluding hydrogens is 340 g/mol. The summed E-state index contributed by atoms with van der Waals surface area (Å²) in [5.41, 5.74) is 1.92. The Morgan fingerprint density at radius 1 is 0.926 bits per heavy atom. The zero-order valence-corrected chi connectivity index (χ0v) is 15.1. The minimum absolute atomic E-state index is 0.119. The third kappa shape index (κ3) is 2.80. The minimum Gasteiger partial charge on any atom is -0.395 e. The van der Waals surface area contributed by atoms with E-state index in [2.05, 4.69) is 43.4 Å². The smallest absolute Gasteiger partial charge is 0.142 e. The Morgan fingerprint density at radius 3 is 2.63 bits per heavy atom. The molecule has 1 saturated heterocycles. The molecule has 7 heteroatoms. The van der Waals surface area contributed by atoms with E-state index >= 15 is 0 Å². The van der Waals surface area contributed by atoms with Crippen molar-refractivity contribution in [2.75, 3.05) is 42.6 Å². The average molecular weight is 362 g/mol. The SMILES string of the molecule is OCCn1ccc2ccc(N3CCN(c4cccc5nccn45)CC3)nc21. The Hall–Kier alpha value is -3.06. The van der Waals surface area contributed by atoms with Crippen molar-refractivity contribution in [2.45, 2.75) is 6.54 Å². The second kappa shape index (κ2) is 6.59. The van der Waals surface area contributed by atoms with Crippen molar-refractivity contribution in [1.82, 2.24) is 18.9 Å². The Morgan fingerprint density at radius 2 is 1.78 bits per heavy atom. The van der Waals surface area contributed by atoms with E-state index in [9.17, 15) is 5.11 Å². The van der Waals surface area contributed by atoms with Crippen molar-refractivity contribution in [1.29, 1.82) is 0 Å². The summed E-state index contributed by atoms with van der Waals surface area (Å²) in [5.74, 6) is 2.19. The van der Waals surface area contributed by atoms with Crippen LogP contribution in [0.25, 0.3) is 16.7 Å². The maximum atomic E-state index is 9.24. The second-order valence-electron chi connectivity index (χ2n) is 6.83. The maximum Gasteiger partial charge on any atom is 0.142 e. The Balaban J connectivity index is 1.36. The van der Waals surface area contributed by atoms with Crippen LogP contribution in [0.2, 0.25) is 0 Å². The molecule has 1 fully saturated rings. The highest BCUT2D eigenvalue weighted by Crippen LogP contribution is 2.23. The fourth-order valence-electron chi connectivity index (χ4n) is 3.87. The van der Waals surface area contributed by atoms with Gasteiger partial charge in [-0.25, -0.2) is 9.97 Å². The molecule has 0 aliphatic carbocycles. The first-order valence-electron chi connectivity index (χ1n) is 9.32. The van der Waals surface area contributed by atoms with Crippen molar-refractivity contribution >= 4 is 28.3 Å². The number of aliphatic hydroxyl groups excluding tert-OH is 1. The van der Waals surface area contributed by atoms with Gasteiger partial charge in [0.1, 0.15) is 22.9 Å². The van der Waals surface area contributed by atoms with Gasteiger partial charge < -0.3 is 19.5 Å². The Labute approximate surface area is 157 Å². The summed E-state index contributed by atoms with van der Waals surface area (Å²) in [6, 6.07) is 12.5. The van der Waals surface area contributed by atoms with Gasteiger partial charge in [-0.2, -0.15) is 0 Å². The van der Waals surface area contributed by atoms with E-state index in [1.807, 2.05) is 35.3 Å². The first-order valence-corrected chi connectivity index (χ1v) is 9.32. The minimum atomic E-state index is 0.119. The van der Waals surface area contributed by atoms with E-state index in [-0.39, 0.29) is 6.61 Å². The molecule has 0 radical (unpaired) electrons. The monoisotopic (exact) mass is 362 g/mol. The zero-order chi connectivity index (χ0) is 18.2. The molecule has 1 N–H and O–H groups in total. The van der Waals surface area contributed by atoms with Crippen LogP contribution in [0.4, 0.5) is 11.6 Å². The first-order chi connectivity index (χ1) is 13.3. The van der Waals surface area contributed by atoms with E-state index in [0.717, 1.165) is 48.7 Å². The van der Waals surface area contributed by atoms with E-state index in [0.29, 0.717) is 6.54 Å². The molecule has 0 unspecified atom stereocenters. The number of fused-ring (bicyclic) bond motifs is 2. The van der Waals surface area contributed by atoms with Gasteiger partial charge in [0.15, 0.2) is 0 Å². The van der Waals surface area contributed by atoms with Crippen molar-refractivity contribution < 1.29 is 5.11 Å². The van der Waals surface area contributed by atoms with E-state index in [4.69, 9.17) is 4.98 Å². The van der Waals surface area contributed by atoms with Crippen LogP contribution in [0.5, 0.6) is 0 Å². The normalized spacial score (nSPS) is 15.1. The molecule has 7 nitrogen and oxygen atoms in total. The van der Waals surface area contributed by atoms with Crippen LogP contribution in [-0.4, -0.2) is 56.8 Å². The van der Waals surface area contributed by atoms with Crippen LogP contribution in [-0.2, 0) is 6.54 Å². The topological polar surface area (TPSA) is 61.8 Å². The Kier molecular flexibility index (Phi) is 3.94. The molecule has 0 bridgehead atoms. The van der Waals surface area contributed by atoms with Gasteiger partial charge in [0.2, 0.25) is 0 Å². The lowest BCUT2D eigenvalue weighted by Gasteiger charge is -2.36. The second-order valence-corrected chi connectivity index (χ2v) is 6.83. The molecule has 0 amide bonds. The number of aliphatic hydroxyl groups is 1. The van der Waals surface area contributed by atoms with Gasteiger partial charge in [-0.3, -0.25) is 4.40 Å². The van der Waals surface area contributed by atoms with Crippen molar-refractivity contribution in [3.8, 4) is 0 Å². The number of hydrogen-bond acceptors (Lipinski definition) is 5.